The highest BCUT2D eigenvalue weighted by molar-refractivity contribution is 7.22. The Bertz CT molecular complexity index is 1580. The summed E-state index contributed by atoms with van der Waals surface area (Å²) in [6.07, 6.45) is 4.65. The number of carboxylic acid groups (broad SMARTS) is 1. The van der Waals surface area contributed by atoms with Crippen molar-refractivity contribution < 1.29 is 9.90 Å². The quantitative estimate of drug-likeness (QED) is 0.336. The normalized spacial score (nSPS) is 23.3. The van der Waals surface area contributed by atoms with Gasteiger partial charge in [0.15, 0.2) is 0 Å². The van der Waals surface area contributed by atoms with Gasteiger partial charge in [-0.2, -0.15) is 5.10 Å². The van der Waals surface area contributed by atoms with Crippen LogP contribution in [-0.2, 0) is 12.1 Å². The summed E-state index contributed by atoms with van der Waals surface area (Å²) in [7, 11) is 0. The third-order valence-electron chi connectivity index (χ3n) is 8.54. The topological polar surface area (TPSA) is 104 Å². The van der Waals surface area contributed by atoms with Gasteiger partial charge in [-0.15, -0.1) is 11.3 Å². The number of hydrogen-bond donors (Lipinski definition) is 2. The van der Waals surface area contributed by atoms with E-state index in [2.05, 4.69) is 37.9 Å². The molecule has 1 aliphatic heterocycles. The molecule has 0 spiro atoms. The van der Waals surface area contributed by atoms with Gasteiger partial charge in [0, 0.05) is 22.7 Å². The molecule has 198 valence electrons. The van der Waals surface area contributed by atoms with Crippen LogP contribution in [0.5, 0.6) is 0 Å². The maximum atomic E-state index is 13.5. The fraction of sp³-hybridized carbons (Fsp3) is 0.448. The summed E-state index contributed by atoms with van der Waals surface area (Å²) in [5, 5.41) is 15.1. The minimum absolute atomic E-state index is 0.0381. The largest absolute Gasteiger partial charge is 0.465 e. The zero-order valence-electron chi connectivity index (χ0n) is 22.2. The Kier molecular flexibility index (Phi) is 5.75. The van der Waals surface area contributed by atoms with Crippen molar-refractivity contribution in [3.63, 3.8) is 0 Å². The number of aryl methyl sites for hydroxylation is 1. The van der Waals surface area contributed by atoms with Crippen molar-refractivity contribution in [1.82, 2.24) is 24.6 Å². The molecule has 0 radical (unpaired) electrons. The molecule has 4 aromatic rings. The van der Waals surface area contributed by atoms with E-state index in [0.29, 0.717) is 29.0 Å². The molecular weight excluding hydrogens is 498 g/mol. The number of aromatic amines is 1. The second-order valence-corrected chi connectivity index (χ2v) is 12.8. The standard InChI is InChI=1S/C29H33N5O3S/c1-17-20(16-33(32-17)15-18-9-6-5-7-10-18)23-13-21-24(38-23)25(35)31-26(30-21)29(28(2,3)4)14-19-11-8-12-22(19)34(29)27(36)37/h5-7,9-10,13,16,19,22H,8,11-12,14-15H2,1-4H3,(H,36,37)(H,30,31,35)/t19-,22-,29?/m0/s1. The number of aromatic nitrogens is 4. The summed E-state index contributed by atoms with van der Waals surface area (Å²) in [6.45, 7) is 8.80. The van der Waals surface area contributed by atoms with Gasteiger partial charge in [-0.25, -0.2) is 9.78 Å². The number of benzene rings is 1. The Hall–Kier alpha value is -3.46. The first-order valence-corrected chi connectivity index (χ1v) is 14.0. The van der Waals surface area contributed by atoms with E-state index >= 15 is 0 Å². The van der Waals surface area contributed by atoms with Crippen molar-refractivity contribution in [2.45, 2.75) is 71.5 Å². The van der Waals surface area contributed by atoms with Crippen LogP contribution in [0.25, 0.3) is 20.7 Å². The molecule has 2 N–H and O–H groups in total. The van der Waals surface area contributed by atoms with Crippen LogP contribution in [0, 0.1) is 18.3 Å². The van der Waals surface area contributed by atoms with E-state index in [-0.39, 0.29) is 17.5 Å². The van der Waals surface area contributed by atoms with Crippen LogP contribution in [-0.4, -0.2) is 41.9 Å². The third kappa shape index (κ3) is 3.78. The number of amides is 1. The van der Waals surface area contributed by atoms with Gasteiger partial charge >= 0.3 is 6.09 Å². The predicted molar refractivity (Wildman–Crippen MR) is 148 cm³/mol. The molecule has 1 unspecified atom stereocenters. The minimum Gasteiger partial charge on any atom is -0.465 e. The van der Waals surface area contributed by atoms with Crippen molar-refractivity contribution >= 4 is 27.6 Å². The lowest BCUT2D eigenvalue weighted by molar-refractivity contribution is 0.00299. The fourth-order valence-electron chi connectivity index (χ4n) is 6.77. The number of carbonyl (C=O) groups is 1. The van der Waals surface area contributed by atoms with E-state index in [1.165, 1.54) is 11.3 Å². The molecular formula is C29H33N5O3S. The molecule has 2 aliphatic rings. The number of nitrogens with zero attached hydrogens (tertiary/aromatic N) is 4. The molecule has 1 saturated carbocycles. The third-order valence-corrected chi connectivity index (χ3v) is 9.70. The molecule has 2 fully saturated rings. The average Bonchev–Trinajstić information content (AvgIpc) is 3.60. The smallest absolute Gasteiger partial charge is 0.408 e. The summed E-state index contributed by atoms with van der Waals surface area (Å²) < 4.78 is 2.47. The van der Waals surface area contributed by atoms with Crippen LogP contribution in [0.4, 0.5) is 4.79 Å². The van der Waals surface area contributed by atoms with E-state index in [1.54, 1.807) is 4.90 Å². The van der Waals surface area contributed by atoms with Crippen LogP contribution in [0.2, 0.25) is 0 Å². The van der Waals surface area contributed by atoms with Gasteiger partial charge in [0.1, 0.15) is 16.1 Å². The highest BCUT2D eigenvalue weighted by atomic mass is 32.1. The summed E-state index contributed by atoms with van der Waals surface area (Å²) >= 11 is 1.40. The maximum absolute atomic E-state index is 13.5. The van der Waals surface area contributed by atoms with Crippen molar-refractivity contribution in [2.75, 3.05) is 0 Å². The highest BCUT2D eigenvalue weighted by Crippen LogP contribution is 2.58. The van der Waals surface area contributed by atoms with E-state index in [4.69, 9.17) is 10.1 Å². The number of nitrogens with one attached hydrogen (secondary N) is 1. The molecule has 0 bridgehead atoms. The molecule has 8 nitrogen and oxygen atoms in total. The Morgan fingerprint density at radius 1 is 1.24 bits per heavy atom. The van der Waals surface area contributed by atoms with Gasteiger partial charge in [0.25, 0.3) is 5.56 Å². The number of thiophene rings is 1. The Balaban J connectivity index is 1.44. The zero-order chi connectivity index (χ0) is 26.8. The zero-order valence-corrected chi connectivity index (χ0v) is 23.0. The van der Waals surface area contributed by atoms with Crippen LogP contribution in [0.3, 0.4) is 0 Å². The number of hydrogen-bond acceptors (Lipinski definition) is 5. The first-order chi connectivity index (χ1) is 18.1. The molecule has 3 atom stereocenters. The number of rotatable bonds is 4. The van der Waals surface area contributed by atoms with Crippen LogP contribution in [0.15, 0.2) is 47.4 Å². The van der Waals surface area contributed by atoms with Crippen LogP contribution in [0.1, 0.15) is 63.5 Å². The predicted octanol–water partition coefficient (Wildman–Crippen LogP) is 6.00. The molecule has 38 heavy (non-hydrogen) atoms. The summed E-state index contributed by atoms with van der Waals surface area (Å²) in [4.78, 5) is 36.7. The second-order valence-electron chi connectivity index (χ2n) is 11.8. The first-order valence-electron chi connectivity index (χ1n) is 13.2. The second kappa shape index (κ2) is 8.80. The average molecular weight is 532 g/mol. The van der Waals surface area contributed by atoms with E-state index in [9.17, 15) is 14.7 Å². The van der Waals surface area contributed by atoms with Gasteiger partial charge in [-0.1, -0.05) is 57.5 Å². The molecule has 3 aromatic heterocycles. The number of H-pyrrole nitrogens is 1. The first kappa shape index (κ1) is 24.9. The Morgan fingerprint density at radius 2 is 2.00 bits per heavy atom. The summed E-state index contributed by atoms with van der Waals surface area (Å²) in [5.41, 5.74) is 2.03. The molecule has 1 amide bonds. The van der Waals surface area contributed by atoms with Gasteiger partial charge in [-0.3, -0.25) is 14.4 Å². The van der Waals surface area contributed by atoms with Gasteiger partial charge < -0.3 is 10.1 Å². The molecule has 1 aliphatic carbocycles. The van der Waals surface area contributed by atoms with Crippen molar-refractivity contribution in [3.8, 4) is 10.4 Å². The Morgan fingerprint density at radius 3 is 2.71 bits per heavy atom. The lowest BCUT2D eigenvalue weighted by Crippen LogP contribution is -2.56. The monoisotopic (exact) mass is 531 g/mol. The highest BCUT2D eigenvalue weighted by Gasteiger charge is 2.62. The Labute approximate surface area is 225 Å². The van der Waals surface area contributed by atoms with Gasteiger partial charge in [-0.05, 0) is 49.1 Å². The molecule has 6 rings (SSSR count). The molecule has 1 aromatic carbocycles. The fourth-order valence-corrected chi connectivity index (χ4v) is 7.83. The van der Waals surface area contributed by atoms with E-state index < -0.39 is 17.0 Å². The summed E-state index contributed by atoms with van der Waals surface area (Å²) in [6, 6.07) is 12.1. The van der Waals surface area contributed by atoms with Gasteiger partial charge in [0.05, 0.1) is 17.8 Å². The lowest BCUT2D eigenvalue weighted by atomic mass is 9.69. The summed E-state index contributed by atoms with van der Waals surface area (Å²) in [5.74, 6) is 0.739. The number of fused-ring (bicyclic) bond motifs is 2. The van der Waals surface area contributed by atoms with Crippen LogP contribution < -0.4 is 5.56 Å². The number of likely N-dealkylation sites (tertiary alicyclic amines) is 1. The van der Waals surface area contributed by atoms with Crippen molar-refractivity contribution in [2.24, 2.45) is 11.3 Å². The minimum atomic E-state index is -0.940. The maximum Gasteiger partial charge on any atom is 0.408 e. The van der Waals surface area contributed by atoms with E-state index in [1.807, 2.05) is 42.1 Å². The lowest BCUT2D eigenvalue weighted by Gasteiger charge is -2.47. The SMILES string of the molecule is Cc1nn(Cc2ccccc2)cc1-c1cc2nc(C3(C(C)(C)C)C[C@@H]4CCC[C@@H]4N3C(=O)O)[nH]c(=O)c2s1. The van der Waals surface area contributed by atoms with E-state index in [0.717, 1.165) is 41.0 Å². The molecule has 9 heteroatoms. The van der Waals surface area contributed by atoms with Crippen molar-refractivity contribution in [3.05, 3.63) is 70.0 Å². The molecule has 1 saturated heterocycles. The van der Waals surface area contributed by atoms with Gasteiger partial charge in [0.2, 0.25) is 0 Å². The van der Waals surface area contributed by atoms with Crippen LogP contribution >= 0.6 is 11.3 Å². The van der Waals surface area contributed by atoms with Crippen molar-refractivity contribution in [1.29, 1.82) is 0 Å². The molecule has 4 heterocycles.